The fourth-order valence-electron chi connectivity index (χ4n) is 2.18. The lowest BCUT2D eigenvalue weighted by molar-refractivity contribution is -0.294. The Morgan fingerprint density at radius 1 is 1.00 bits per heavy atom. The van der Waals surface area contributed by atoms with Crippen molar-refractivity contribution in [2.45, 2.75) is 24.9 Å². The largest absolute Gasteiger partial charge is 0.493 e. The van der Waals surface area contributed by atoms with E-state index < -0.39 is 35.4 Å². The molecule has 28 heavy (non-hydrogen) atoms. The van der Waals surface area contributed by atoms with Crippen LogP contribution in [0.3, 0.4) is 0 Å². The number of aromatic nitrogens is 2. The van der Waals surface area contributed by atoms with Gasteiger partial charge in [0.25, 0.3) is 5.91 Å². The van der Waals surface area contributed by atoms with E-state index in [9.17, 15) is 31.1 Å². The average molecular weight is 408 g/mol. The number of hydrogen-bond donors (Lipinski definition) is 2. The quantitative estimate of drug-likeness (QED) is 0.565. The van der Waals surface area contributed by atoms with E-state index in [4.69, 9.17) is 4.74 Å². The Labute approximate surface area is 154 Å². The molecule has 2 aromatic rings. The summed E-state index contributed by atoms with van der Waals surface area (Å²) in [5.41, 5.74) is -5.34. The van der Waals surface area contributed by atoms with Crippen LogP contribution >= 0.6 is 0 Å². The second-order valence-electron chi connectivity index (χ2n) is 5.33. The second kappa shape index (κ2) is 7.90. The number of alkyl halides is 6. The third-order valence-corrected chi connectivity index (χ3v) is 3.45. The molecule has 0 spiro atoms. The fourth-order valence-corrected chi connectivity index (χ4v) is 2.18. The van der Waals surface area contributed by atoms with Gasteiger partial charge in [-0.25, -0.2) is 9.97 Å². The van der Waals surface area contributed by atoms with Crippen LogP contribution in [0, 0.1) is 0 Å². The molecule has 1 heterocycles. The molecule has 0 bridgehead atoms. The third-order valence-electron chi connectivity index (χ3n) is 3.45. The van der Waals surface area contributed by atoms with Gasteiger partial charge < -0.3 is 15.4 Å². The number of para-hydroxylation sites is 1. The van der Waals surface area contributed by atoms with Crippen LogP contribution < -0.4 is 15.4 Å². The van der Waals surface area contributed by atoms with E-state index in [1.165, 1.54) is 29.6 Å². The lowest BCUT2D eigenvalue weighted by Gasteiger charge is -2.38. The molecule has 1 aromatic heterocycles. The van der Waals surface area contributed by atoms with Crippen LogP contribution in [0.15, 0.2) is 42.7 Å². The number of nitrogens with zero attached hydrogens (tertiary/aromatic N) is 2. The van der Waals surface area contributed by atoms with Gasteiger partial charge in [0.2, 0.25) is 5.95 Å². The zero-order valence-corrected chi connectivity index (χ0v) is 14.2. The molecule has 0 fully saturated rings. The van der Waals surface area contributed by atoms with Gasteiger partial charge in [0.05, 0.1) is 12.2 Å². The topological polar surface area (TPSA) is 76.1 Å². The Balaban J connectivity index is 2.52. The highest BCUT2D eigenvalue weighted by atomic mass is 19.4. The summed E-state index contributed by atoms with van der Waals surface area (Å²) >= 11 is 0. The maximum atomic E-state index is 13.6. The van der Waals surface area contributed by atoms with Gasteiger partial charge in [-0.05, 0) is 25.1 Å². The summed E-state index contributed by atoms with van der Waals surface area (Å²) in [6, 6.07) is 6.17. The summed E-state index contributed by atoms with van der Waals surface area (Å²) in [7, 11) is 0. The van der Waals surface area contributed by atoms with Crippen molar-refractivity contribution in [2.75, 3.05) is 11.9 Å². The molecule has 0 unspecified atom stereocenters. The second-order valence-corrected chi connectivity index (χ2v) is 5.33. The van der Waals surface area contributed by atoms with Gasteiger partial charge in [0.15, 0.2) is 0 Å². The fraction of sp³-hybridized carbons (Fsp3) is 0.312. The molecule has 0 aliphatic heterocycles. The van der Waals surface area contributed by atoms with E-state index in [2.05, 4.69) is 9.97 Å². The summed E-state index contributed by atoms with van der Waals surface area (Å²) < 4.78 is 86.7. The number of carbonyl (C=O) groups is 1. The molecule has 2 N–H and O–H groups in total. The van der Waals surface area contributed by atoms with E-state index in [0.717, 1.165) is 23.8 Å². The van der Waals surface area contributed by atoms with Gasteiger partial charge in [-0.2, -0.15) is 26.3 Å². The molecule has 0 saturated carbocycles. The molecular formula is C16H14F6N4O2. The molecule has 0 atom stereocenters. The molecule has 0 saturated heterocycles. The molecule has 12 heteroatoms. The van der Waals surface area contributed by atoms with Crippen molar-refractivity contribution in [3.8, 4) is 5.75 Å². The summed E-state index contributed by atoms with van der Waals surface area (Å²) in [4.78, 5) is 19.0. The predicted molar refractivity (Wildman–Crippen MR) is 85.6 cm³/mol. The van der Waals surface area contributed by atoms with Crippen LogP contribution in [-0.4, -0.2) is 40.5 Å². The Bertz CT molecular complexity index is 797. The van der Waals surface area contributed by atoms with Crippen molar-refractivity contribution in [2.24, 2.45) is 0 Å². The lowest BCUT2D eigenvalue weighted by atomic mass is 10.1. The molecule has 6 nitrogen and oxygen atoms in total. The molecule has 1 aromatic carbocycles. The van der Waals surface area contributed by atoms with E-state index in [-0.39, 0.29) is 12.4 Å². The first-order chi connectivity index (χ1) is 13.0. The Morgan fingerprint density at radius 3 is 2.11 bits per heavy atom. The highest BCUT2D eigenvalue weighted by Gasteiger charge is 2.73. The number of anilines is 1. The minimum Gasteiger partial charge on any atom is -0.493 e. The number of hydrogen-bond acceptors (Lipinski definition) is 5. The molecule has 0 radical (unpaired) electrons. The van der Waals surface area contributed by atoms with Crippen molar-refractivity contribution >= 4 is 11.9 Å². The van der Waals surface area contributed by atoms with Gasteiger partial charge >= 0.3 is 18.0 Å². The van der Waals surface area contributed by atoms with Crippen molar-refractivity contribution in [1.29, 1.82) is 0 Å². The van der Waals surface area contributed by atoms with Gasteiger partial charge in [-0.1, -0.05) is 12.1 Å². The smallest absolute Gasteiger partial charge is 0.439 e. The predicted octanol–water partition coefficient (Wildman–Crippen LogP) is 3.54. The summed E-state index contributed by atoms with van der Waals surface area (Å²) in [6.45, 7) is 1.59. The number of halogens is 6. The summed E-state index contributed by atoms with van der Waals surface area (Å²) in [5, 5.41) is 2.19. The van der Waals surface area contributed by atoms with E-state index >= 15 is 0 Å². The zero-order valence-electron chi connectivity index (χ0n) is 14.2. The third kappa shape index (κ3) is 4.26. The Hall–Kier alpha value is -3.05. The number of carbonyl (C=O) groups excluding carboxylic acids is 1. The van der Waals surface area contributed by atoms with Crippen molar-refractivity contribution in [3.63, 3.8) is 0 Å². The van der Waals surface area contributed by atoms with Crippen molar-refractivity contribution in [1.82, 2.24) is 15.3 Å². The normalized spacial score (nSPS) is 12.4. The van der Waals surface area contributed by atoms with Gasteiger partial charge in [0, 0.05) is 12.4 Å². The molecule has 1 amide bonds. The number of ether oxygens (including phenoxy) is 1. The van der Waals surface area contributed by atoms with Gasteiger partial charge in [-0.3, -0.25) is 4.79 Å². The van der Waals surface area contributed by atoms with E-state index in [1.807, 2.05) is 0 Å². The monoisotopic (exact) mass is 408 g/mol. The van der Waals surface area contributed by atoms with Crippen molar-refractivity contribution in [3.05, 3.63) is 48.3 Å². The molecule has 152 valence electrons. The number of amides is 1. The lowest BCUT2D eigenvalue weighted by Crippen LogP contribution is -2.72. The molecule has 0 aliphatic rings. The first-order valence-electron chi connectivity index (χ1n) is 7.75. The summed E-state index contributed by atoms with van der Waals surface area (Å²) in [6.07, 6.45) is -10.1. The Morgan fingerprint density at radius 2 is 1.57 bits per heavy atom. The molecule has 2 rings (SSSR count). The maximum absolute atomic E-state index is 13.6. The molecular weight excluding hydrogens is 394 g/mol. The zero-order chi connectivity index (χ0) is 21.0. The summed E-state index contributed by atoms with van der Waals surface area (Å²) in [5.74, 6) is -2.80. The van der Waals surface area contributed by atoms with Crippen LogP contribution in [0.4, 0.5) is 32.3 Å². The number of nitrogens with one attached hydrogen (secondary N) is 2. The van der Waals surface area contributed by atoms with Crippen LogP contribution in [-0.2, 0) is 0 Å². The van der Waals surface area contributed by atoms with Crippen LogP contribution in [0.25, 0.3) is 0 Å². The Kier molecular flexibility index (Phi) is 6.00. The van der Waals surface area contributed by atoms with Gasteiger partial charge in [-0.15, -0.1) is 0 Å². The van der Waals surface area contributed by atoms with E-state index in [0.29, 0.717) is 0 Å². The molecule has 0 aliphatic carbocycles. The van der Waals surface area contributed by atoms with Crippen molar-refractivity contribution < 1.29 is 35.9 Å². The van der Waals surface area contributed by atoms with Crippen LogP contribution in [0.1, 0.15) is 17.3 Å². The highest BCUT2D eigenvalue weighted by molar-refractivity contribution is 5.97. The number of rotatable bonds is 6. The SMILES string of the molecule is CCOc1ccccc1C(=O)NC(Nc1ncccn1)(C(F)(F)F)C(F)(F)F. The minimum absolute atomic E-state index is 0.0457. The first-order valence-corrected chi connectivity index (χ1v) is 7.75. The maximum Gasteiger partial charge on any atom is 0.439 e. The number of benzene rings is 1. The van der Waals surface area contributed by atoms with Gasteiger partial charge in [0.1, 0.15) is 5.75 Å². The standard InChI is InChI=1S/C16H14F6N4O2/c1-2-28-11-7-4-3-6-10(11)12(27)25-14(15(17,18)19,16(20,21)22)26-13-23-8-5-9-24-13/h3-9H,2H2,1H3,(H,25,27)(H,23,24,26). The van der Waals surface area contributed by atoms with E-state index in [1.54, 1.807) is 6.92 Å². The minimum atomic E-state index is -5.99. The van der Waals surface area contributed by atoms with Crippen LogP contribution in [0.2, 0.25) is 0 Å². The average Bonchev–Trinajstić information content (AvgIpc) is 2.60. The van der Waals surface area contributed by atoms with Crippen LogP contribution in [0.5, 0.6) is 5.75 Å². The first kappa shape index (κ1) is 21.3. The highest BCUT2D eigenvalue weighted by Crippen LogP contribution is 2.43.